The fourth-order valence-electron chi connectivity index (χ4n) is 1.44. The van der Waals surface area contributed by atoms with Gasteiger partial charge in [-0.2, -0.15) is 0 Å². The van der Waals surface area contributed by atoms with Crippen molar-refractivity contribution in [2.24, 2.45) is 0 Å². The van der Waals surface area contributed by atoms with Gasteiger partial charge >= 0.3 is 0 Å². The Kier molecular flexibility index (Phi) is 3.68. The zero-order valence-corrected chi connectivity index (χ0v) is 11.7. The average Bonchev–Trinajstić information content (AvgIpc) is 2.87. The van der Waals surface area contributed by atoms with E-state index in [1.807, 2.05) is 0 Å². The van der Waals surface area contributed by atoms with Crippen LogP contribution in [0, 0.1) is 0 Å². The van der Waals surface area contributed by atoms with Crippen LogP contribution in [0.3, 0.4) is 0 Å². The fourth-order valence-corrected chi connectivity index (χ4v) is 2.09. The van der Waals surface area contributed by atoms with Crippen LogP contribution in [0.5, 0.6) is 0 Å². The van der Waals surface area contributed by atoms with Gasteiger partial charge in [0.05, 0.1) is 12.7 Å². The van der Waals surface area contributed by atoms with Gasteiger partial charge in [0.25, 0.3) is 0 Å². The van der Waals surface area contributed by atoms with Gasteiger partial charge in [-0.1, -0.05) is 20.8 Å². The minimum atomic E-state index is -0.00261. The molecule has 2 heterocycles. The highest BCUT2D eigenvalue weighted by atomic mass is 32.1. The third-order valence-corrected chi connectivity index (χ3v) is 3.27. The third kappa shape index (κ3) is 3.30. The Hall–Kier alpha value is -1.40. The van der Waals surface area contributed by atoms with Crippen molar-refractivity contribution in [1.82, 2.24) is 15.3 Å². The van der Waals surface area contributed by atoms with Crippen LogP contribution in [-0.2, 0) is 18.5 Å². The van der Waals surface area contributed by atoms with Crippen LogP contribution in [0.4, 0.5) is 5.13 Å². The molecule has 2 aromatic heterocycles. The number of hydrogen-bond donors (Lipinski definition) is 2. The third-order valence-electron chi connectivity index (χ3n) is 2.44. The van der Waals surface area contributed by atoms with E-state index in [0.29, 0.717) is 17.6 Å². The lowest BCUT2D eigenvalue weighted by Crippen LogP contribution is -2.12. The lowest BCUT2D eigenvalue weighted by atomic mass is 9.94. The first-order chi connectivity index (χ1) is 8.45. The van der Waals surface area contributed by atoms with Crippen molar-refractivity contribution in [3.05, 3.63) is 28.9 Å². The molecule has 6 heteroatoms. The molecule has 0 radical (unpaired) electrons. The van der Waals surface area contributed by atoms with Crippen molar-refractivity contribution in [2.75, 3.05) is 5.73 Å². The molecule has 2 aromatic rings. The van der Waals surface area contributed by atoms with E-state index in [1.54, 1.807) is 12.4 Å². The largest absolute Gasteiger partial charge is 0.444 e. The van der Waals surface area contributed by atoms with Gasteiger partial charge in [-0.05, 0) is 0 Å². The maximum atomic E-state index is 5.68. The van der Waals surface area contributed by atoms with E-state index >= 15 is 0 Å². The van der Waals surface area contributed by atoms with Crippen molar-refractivity contribution in [3.8, 4) is 0 Å². The topological polar surface area (TPSA) is 77.0 Å². The average molecular weight is 266 g/mol. The second kappa shape index (κ2) is 5.07. The van der Waals surface area contributed by atoms with Crippen molar-refractivity contribution in [1.29, 1.82) is 0 Å². The summed E-state index contributed by atoms with van der Waals surface area (Å²) in [5, 5.41) is 3.85. The van der Waals surface area contributed by atoms with Crippen LogP contribution in [0.1, 0.15) is 37.3 Å². The first-order valence-electron chi connectivity index (χ1n) is 5.81. The molecule has 0 aliphatic carbocycles. The molecule has 0 bridgehead atoms. The molecule has 5 nitrogen and oxygen atoms in total. The monoisotopic (exact) mass is 266 g/mol. The van der Waals surface area contributed by atoms with E-state index in [0.717, 1.165) is 17.2 Å². The number of rotatable bonds is 4. The molecule has 0 aliphatic rings. The number of nitrogens with one attached hydrogen (secondary N) is 1. The SMILES string of the molecule is CC(C)(C)c1cnc(CNCc2cnc(N)s2)o1. The molecular weight excluding hydrogens is 248 g/mol. The van der Waals surface area contributed by atoms with E-state index in [-0.39, 0.29) is 5.41 Å². The molecule has 0 atom stereocenters. The molecule has 98 valence electrons. The molecule has 0 saturated carbocycles. The summed E-state index contributed by atoms with van der Waals surface area (Å²) in [6.07, 6.45) is 3.57. The second-order valence-electron chi connectivity index (χ2n) is 5.14. The Morgan fingerprint density at radius 1 is 1.28 bits per heavy atom. The zero-order valence-electron chi connectivity index (χ0n) is 10.9. The zero-order chi connectivity index (χ0) is 13.2. The fraction of sp³-hybridized carbons (Fsp3) is 0.500. The molecule has 0 amide bonds. The summed E-state index contributed by atoms with van der Waals surface area (Å²) in [5.74, 6) is 1.61. The number of nitrogens with two attached hydrogens (primary N) is 1. The predicted molar refractivity (Wildman–Crippen MR) is 72.3 cm³/mol. The standard InChI is InChI=1S/C12H18N4OS/c1-12(2,3)9-6-15-10(17-9)7-14-4-8-5-16-11(13)18-8/h5-6,14H,4,7H2,1-3H3,(H2,13,16). The van der Waals surface area contributed by atoms with Crippen LogP contribution in [0.2, 0.25) is 0 Å². The summed E-state index contributed by atoms with van der Waals surface area (Å²) >= 11 is 1.49. The number of nitrogen functional groups attached to an aromatic ring is 1. The first kappa shape index (κ1) is 13.0. The normalized spacial score (nSPS) is 11.9. The highest BCUT2D eigenvalue weighted by Gasteiger charge is 2.18. The van der Waals surface area contributed by atoms with E-state index in [1.165, 1.54) is 11.3 Å². The number of nitrogens with zero attached hydrogens (tertiary/aromatic N) is 2. The molecule has 0 aliphatic heterocycles. The summed E-state index contributed by atoms with van der Waals surface area (Å²) in [6, 6.07) is 0. The van der Waals surface area contributed by atoms with E-state index in [4.69, 9.17) is 10.2 Å². The summed E-state index contributed by atoms with van der Waals surface area (Å²) < 4.78 is 5.68. The molecule has 0 fully saturated rings. The first-order valence-corrected chi connectivity index (χ1v) is 6.63. The summed E-state index contributed by atoms with van der Waals surface area (Å²) in [5.41, 5.74) is 5.56. The van der Waals surface area contributed by atoms with Crippen molar-refractivity contribution < 1.29 is 4.42 Å². The van der Waals surface area contributed by atoms with Crippen LogP contribution in [-0.4, -0.2) is 9.97 Å². The Morgan fingerprint density at radius 3 is 2.61 bits per heavy atom. The van der Waals surface area contributed by atoms with Gasteiger partial charge in [-0.15, -0.1) is 11.3 Å². The molecule has 3 N–H and O–H groups in total. The van der Waals surface area contributed by atoms with Crippen LogP contribution in [0.15, 0.2) is 16.8 Å². The number of anilines is 1. The highest BCUT2D eigenvalue weighted by Crippen LogP contribution is 2.22. The van der Waals surface area contributed by atoms with Crippen LogP contribution >= 0.6 is 11.3 Å². The smallest absolute Gasteiger partial charge is 0.208 e. The Labute approximate surface area is 110 Å². The van der Waals surface area contributed by atoms with E-state index < -0.39 is 0 Å². The van der Waals surface area contributed by atoms with Crippen molar-refractivity contribution in [3.63, 3.8) is 0 Å². The summed E-state index contributed by atoms with van der Waals surface area (Å²) in [4.78, 5) is 9.36. The number of oxazole rings is 1. The minimum Gasteiger partial charge on any atom is -0.444 e. The maximum Gasteiger partial charge on any atom is 0.208 e. The Morgan fingerprint density at radius 2 is 2.06 bits per heavy atom. The number of hydrogen-bond acceptors (Lipinski definition) is 6. The molecule has 0 spiro atoms. The van der Waals surface area contributed by atoms with Crippen LogP contribution in [0.25, 0.3) is 0 Å². The molecule has 2 rings (SSSR count). The van der Waals surface area contributed by atoms with Crippen molar-refractivity contribution >= 4 is 16.5 Å². The van der Waals surface area contributed by atoms with Crippen LogP contribution < -0.4 is 11.1 Å². The summed E-state index contributed by atoms with van der Waals surface area (Å²) in [6.45, 7) is 7.64. The van der Waals surface area contributed by atoms with Gasteiger partial charge < -0.3 is 15.5 Å². The summed E-state index contributed by atoms with van der Waals surface area (Å²) in [7, 11) is 0. The predicted octanol–water partition coefficient (Wildman–Crippen LogP) is 2.30. The lowest BCUT2D eigenvalue weighted by Gasteiger charge is -2.13. The van der Waals surface area contributed by atoms with Gasteiger partial charge in [0, 0.05) is 23.0 Å². The van der Waals surface area contributed by atoms with Gasteiger partial charge in [0.2, 0.25) is 5.89 Å². The second-order valence-corrected chi connectivity index (χ2v) is 6.28. The Bertz CT molecular complexity index is 512. The maximum absolute atomic E-state index is 5.68. The van der Waals surface area contributed by atoms with E-state index in [2.05, 4.69) is 36.1 Å². The molecule has 0 unspecified atom stereocenters. The molecule has 0 aromatic carbocycles. The van der Waals surface area contributed by atoms with Gasteiger partial charge in [-0.3, -0.25) is 0 Å². The lowest BCUT2D eigenvalue weighted by molar-refractivity contribution is 0.374. The Balaban J connectivity index is 1.85. The van der Waals surface area contributed by atoms with E-state index in [9.17, 15) is 0 Å². The minimum absolute atomic E-state index is 0.00261. The number of aromatic nitrogens is 2. The van der Waals surface area contributed by atoms with Gasteiger partial charge in [0.15, 0.2) is 5.13 Å². The molecule has 18 heavy (non-hydrogen) atoms. The number of thiazole rings is 1. The molecular formula is C12H18N4OS. The highest BCUT2D eigenvalue weighted by molar-refractivity contribution is 7.15. The van der Waals surface area contributed by atoms with Gasteiger partial charge in [-0.25, -0.2) is 9.97 Å². The molecule has 0 saturated heterocycles. The quantitative estimate of drug-likeness (QED) is 0.888. The van der Waals surface area contributed by atoms with Gasteiger partial charge in [0.1, 0.15) is 5.76 Å². The van der Waals surface area contributed by atoms with Crippen molar-refractivity contribution in [2.45, 2.75) is 39.3 Å².